The first-order valence-corrected chi connectivity index (χ1v) is 6.93. The molecule has 1 aromatic heterocycles. The van der Waals surface area contributed by atoms with E-state index in [0.717, 1.165) is 5.56 Å². The normalized spacial score (nSPS) is 14.8. The lowest BCUT2D eigenvalue weighted by Gasteiger charge is -2.19. The summed E-state index contributed by atoms with van der Waals surface area (Å²) in [7, 11) is -3.60. The van der Waals surface area contributed by atoms with Crippen LogP contribution in [0.2, 0.25) is 0 Å². The SMILES string of the molecule is Nc1cccc2c1N(S(=O)(=O)c1cnc[nH]1)CC2. The zero-order valence-corrected chi connectivity index (χ0v) is 10.3. The van der Waals surface area contributed by atoms with Gasteiger partial charge in [0.15, 0.2) is 5.03 Å². The molecule has 2 aromatic rings. The second-order valence-corrected chi connectivity index (χ2v) is 5.93. The molecule has 0 atom stereocenters. The molecule has 6 nitrogen and oxygen atoms in total. The van der Waals surface area contributed by atoms with E-state index in [4.69, 9.17) is 5.73 Å². The predicted molar refractivity (Wildman–Crippen MR) is 67.7 cm³/mol. The summed E-state index contributed by atoms with van der Waals surface area (Å²) in [5.74, 6) is 0. The molecule has 0 radical (unpaired) electrons. The molecule has 94 valence electrons. The Balaban J connectivity index is 2.13. The van der Waals surface area contributed by atoms with Crippen molar-refractivity contribution in [3.8, 4) is 0 Å². The molecule has 0 fully saturated rings. The molecule has 7 heteroatoms. The number of aromatic amines is 1. The fourth-order valence-corrected chi connectivity index (χ4v) is 3.62. The van der Waals surface area contributed by atoms with Crippen LogP contribution >= 0.6 is 0 Å². The molecule has 0 bridgehead atoms. The Hall–Kier alpha value is -2.02. The van der Waals surface area contributed by atoms with Gasteiger partial charge in [-0.05, 0) is 18.1 Å². The van der Waals surface area contributed by atoms with E-state index in [0.29, 0.717) is 24.3 Å². The number of rotatable bonds is 2. The lowest BCUT2D eigenvalue weighted by Crippen LogP contribution is -2.29. The number of hydrogen-bond donors (Lipinski definition) is 2. The molecule has 1 aliphatic rings. The van der Waals surface area contributed by atoms with Gasteiger partial charge in [-0.2, -0.15) is 8.42 Å². The second kappa shape index (κ2) is 3.74. The van der Waals surface area contributed by atoms with Crippen molar-refractivity contribution in [2.45, 2.75) is 11.4 Å². The molecule has 0 saturated heterocycles. The average Bonchev–Trinajstić information content (AvgIpc) is 2.99. The van der Waals surface area contributed by atoms with Crippen LogP contribution in [0.5, 0.6) is 0 Å². The van der Waals surface area contributed by atoms with Crippen LogP contribution < -0.4 is 10.0 Å². The molecule has 18 heavy (non-hydrogen) atoms. The molecular weight excluding hydrogens is 252 g/mol. The molecule has 1 aromatic carbocycles. The molecule has 0 aliphatic carbocycles. The summed E-state index contributed by atoms with van der Waals surface area (Å²) in [4.78, 5) is 6.37. The zero-order valence-electron chi connectivity index (χ0n) is 9.50. The van der Waals surface area contributed by atoms with Crippen LogP contribution in [0.1, 0.15) is 5.56 Å². The fourth-order valence-electron chi connectivity index (χ4n) is 2.19. The summed E-state index contributed by atoms with van der Waals surface area (Å²) < 4.78 is 26.2. The molecule has 3 rings (SSSR count). The number of hydrogen-bond acceptors (Lipinski definition) is 4. The lowest BCUT2D eigenvalue weighted by molar-refractivity contribution is 0.589. The third kappa shape index (κ3) is 1.47. The van der Waals surface area contributed by atoms with Gasteiger partial charge >= 0.3 is 0 Å². The Morgan fingerprint density at radius 2 is 2.22 bits per heavy atom. The summed E-state index contributed by atoms with van der Waals surface area (Å²) in [6.07, 6.45) is 3.32. The van der Waals surface area contributed by atoms with E-state index in [9.17, 15) is 8.42 Å². The van der Waals surface area contributed by atoms with Crippen molar-refractivity contribution < 1.29 is 8.42 Å². The lowest BCUT2D eigenvalue weighted by atomic mass is 10.1. The minimum atomic E-state index is -3.60. The van der Waals surface area contributed by atoms with Gasteiger partial charge in [-0.3, -0.25) is 4.31 Å². The highest BCUT2D eigenvalue weighted by Gasteiger charge is 2.33. The number of imidazole rings is 1. The average molecular weight is 264 g/mol. The van der Waals surface area contributed by atoms with Crippen molar-refractivity contribution in [3.63, 3.8) is 0 Å². The predicted octanol–water partition coefficient (Wildman–Crippen LogP) is 0.743. The molecular formula is C11H12N4O2S. The number of nitrogens with one attached hydrogen (secondary N) is 1. The molecule has 1 aliphatic heterocycles. The standard InChI is InChI=1S/C11H12N4O2S/c12-9-3-1-2-8-4-5-15(11(8)9)18(16,17)10-6-13-7-14-10/h1-3,6-7H,4-5,12H2,(H,13,14). The molecule has 3 N–H and O–H groups in total. The number of anilines is 2. The van der Waals surface area contributed by atoms with E-state index in [2.05, 4.69) is 9.97 Å². The van der Waals surface area contributed by atoms with Crippen LogP contribution in [0.3, 0.4) is 0 Å². The van der Waals surface area contributed by atoms with Gasteiger partial charge in [-0.25, -0.2) is 4.98 Å². The van der Waals surface area contributed by atoms with Gasteiger partial charge in [0, 0.05) is 6.54 Å². The Labute approximate surface area is 105 Å². The van der Waals surface area contributed by atoms with Crippen molar-refractivity contribution in [1.29, 1.82) is 0 Å². The van der Waals surface area contributed by atoms with Gasteiger partial charge < -0.3 is 10.7 Å². The minimum Gasteiger partial charge on any atom is -0.397 e. The first-order valence-electron chi connectivity index (χ1n) is 5.49. The van der Waals surface area contributed by atoms with E-state index in [1.54, 1.807) is 6.07 Å². The maximum Gasteiger partial charge on any atom is 0.281 e. The quantitative estimate of drug-likeness (QED) is 0.783. The summed E-state index contributed by atoms with van der Waals surface area (Å²) in [5, 5.41) is 0.0820. The number of aromatic nitrogens is 2. The zero-order chi connectivity index (χ0) is 12.8. The van der Waals surface area contributed by atoms with Gasteiger partial charge in [-0.1, -0.05) is 12.1 Å². The summed E-state index contributed by atoms with van der Waals surface area (Å²) in [5.41, 5.74) is 7.91. The first-order chi connectivity index (χ1) is 8.60. The largest absolute Gasteiger partial charge is 0.397 e. The first kappa shape index (κ1) is 11.1. The van der Waals surface area contributed by atoms with E-state index < -0.39 is 10.0 Å². The van der Waals surface area contributed by atoms with E-state index in [1.807, 2.05) is 12.1 Å². The number of H-pyrrole nitrogens is 1. The van der Waals surface area contributed by atoms with E-state index >= 15 is 0 Å². The Kier molecular flexibility index (Phi) is 2.30. The number of nitrogen functional groups attached to an aromatic ring is 1. The topological polar surface area (TPSA) is 92.1 Å². The number of nitrogens with two attached hydrogens (primary N) is 1. The Bertz CT molecular complexity index is 679. The number of sulfonamides is 1. The van der Waals surface area contributed by atoms with Crippen LogP contribution in [0.15, 0.2) is 35.7 Å². The third-order valence-corrected chi connectivity index (χ3v) is 4.75. The Morgan fingerprint density at radius 1 is 1.39 bits per heavy atom. The van der Waals surface area contributed by atoms with Crippen LogP contribution in [0, 0.1) is 0 Å². The summed E-state index contributed by atoms with van der Waals surface area (Å²) >= 11 is 0. The summed E-state index contributed by atoms with van der Waals surface area (Å²) in [6.45, 7) is 0.408. The van der Waals surface area contributed by atoms with Gasteiger partial charge in [0.2, 0.25) is 0 Å². The van der Waals surface area contributed by atoms with Gasteiger partial charge in [0.1, 0.15) is 0 Å². The molecule has 0 unspecified atom stereocenters. The van der Waals surface area contributed by atoms with Gasteiger partial charge in [0.05, 0.1) is 23.9 Å². The van der Waals surface area contributed by atoms with Crippen molar-refractivity contribution in [1.82, 2.24) is 9.97 Å². The van der Waals surface area contributed by atoms with E-state index in [-0.39, 0.29) is 5.03 Å². The minimum absolute atomic E-state index is 0.0820. The van der Waals surface area contributed by atoms with Crippen molar-refractivity contribution in [2.24, 2.45) is 0 Å². The van der Waals surface area contributed by atoms with Gasteiger partial charge in [-0.15, -0.1) is 0 Å². The van der Waals surface area contributed by atoms with Crippen LogP contribution in [-0.4, -0.2) is 24.9 Å². The highest BCUT2D eigenvalue weighted by atomic mass is 32.2. The van der Waals surface area contributed by atoms with Crippen LogP contribution in [0.25, 0.3) is 0 Å². The van der Waals surface area contributed by atoms with Crippen LogP contribution in [0.4, 0.5) is 11.4 Å². The highest BCUT2D eigenvalue weighted by molar-refractivity contribution is 7.92. The highest BCUT2D eigenvalue weighted by Crippen LogP contribution is 2.36. The second-order valence-electron chi connectivity index (χ2n) is 4.10. The molecule has 0 spiro atoms. The maximum absolute atomic E-state index is 12.4. The number of para-hydroxylation sites is 1. The molecule has 2 heterocycles. The van der Waals surface area contributed by atoms with Crippen molar-refractivity contribution in [3.05, 3.63) is 36.3 Å². The van der Waals surface area contributed by atoms with Gasteiger partial charge in [0.25, 0.3) is 10.0 Å². The van der Waals surface area contributed by atoms with Crippen LogP contribution in [-0.2, 0) is 16.4 Å². The van der Waals surface area contributed by atoms with E-state index in [1.165, 1.54) is 16.8 Å². The number of nitrogens with zero attached hydrogens (tertiary/aromatic N) is 2. The third-order valence-electron chi connectivity index (χ3n) is 3.03. The Morgan fingerprint density at radius 3 is 2.94 bits per heavy atom. The molecule has 0 amide bonds. The molecule has 0 saturated carbocycles. The fraction of sp³-hybridized carbons (Fsp3) is 0.182. The number of benzene rings is 1. The maximum atomic E-state index is 12.4. The monoisotopic (exact) mass is 264 g/mol. The number of fused-ring (bicyclic) bond motifs is 1. The van der Waals surface area contributed by atoms with Crippen molar-refractivity contribution in [2.75, 3.05) is 16.6 Å². The van der Waals surface area contributed by atoms with Crippen molar-refractivity contribution >= 4 is 21.4 Å². The summed E-state index contributed by atoms with van der Waals surface area (Å²) in [6, 6.07) is 5.44. The smallest absolute Gasteiger partial charge is 0.281 e.